The molecule has 0 radical (unpaired) electrons. The van der Waals surface area contributed by atoms with Crippen LogP contribution in [-0.4, -0.2) is 29.0 Å². The molecule has 0 amide bonds. The third-order valence-corrected chi connectivity index (χ3v) is 4.89. The number of hydrogen-bond donors (Lipinski definition) is 2. The molecular weight excluding hydrogens is 372 g/mol. The Labute approximate surface area is 166 Å². The molecule has 7 nitrogen and oxygen atoms in total. The van der Waals surface area contributed by atoms with Crippen LogP contribution in [0.15, 0.2) is 53.0 Å². The van der Waals surface area contributed by atoms with E-state index in [1.807, 2.05) is 29.6 Å². The van der Waals surface area contributed by atoms with Gasteiger partial charge in [0.2, 0.25) is 5.88 Å². The van der Waals surface area contributed by atoms with Crippen molar-refractivity contribution in [3.63, 3.8) is 0 Å². The van der Waals surface area contributed by atoms with Crippen molar-refractivity contribution in [1.82, 2.24) is 15.3 Å². The number of rotatable bonds is 5. The number of benzene rings is 1. The van der Waals surface area contributed by atoms with Gasteiger partial charge in [0.05, 0.1) is 22.9 Å². The Morgan fingerprint density at radius 3 is 2.93 bits per heavy atom. The molecule has 1 aliphatic heterocycles. The van der Waals surface area contributed by atoms with E-state index < -0.39 is 0 Å². The fourth-order valence-corrected chi connectivity index (χ4v) is 3.41. The molecule has 0 unspecified atom stereocenters. The molecule has 28 heavy (non-hydrogen) atoms. The van der Waals surface area contributed by atoms with Gasteiger partial charge in [-0.2, -0.15) is 5.26 Å². The minimum atomic E-state index is 0.367. The number of nitrogens with zero attached hydrogens (tertiary/aromatic N) is 4. The fraction of sp³-hybridized carbons (Fsp3) is 0.200. The Kier molecular flexibility index (Phi) is 5.45. The third-order valence-electron chi connectivity index (χ3n) is 4.13. The molecule has 8 heteroatoms. The molecule has 1 aromatic carbocycles. The van der Waals surface area contributed by atoms with Gasteiger partial charge in [-0.1, -0.05) is 12.1 Å². The molecular formula is C20H18N6OS. The second-order valence-electron chi connectivity index (χ2n) is 6.13. The SMILES string of the molecule is N#Cc1ccc(COc2ncccc2-c2csc(NC3=NCCCN3)n2)cc1. The number of thiazole rings is 1. The molecule has 0 saturated carbocycles. The second-order valence-corrected chi connectivity index (χ2v) is 6.99. The lowest BCUT2D eigenvalue weighted by molar-refractivity contribution is 0.295. The number of hydrogen-bond acceptors (Lipinski definition) is 8. The highest BCUT2D eigenvalue weighted by Crippen LogP contribution is 2.31. The zero-order valence-corrected chi connectivity index (χ0v) is 15.9. The van der Waals surface area contributed by atoms with Crippen LogP contribution in [0.3, 0.4) is 0 Å². The highest BCUT2D eigenvalue weighted by Gasteiger charge is 2.13. The quantitative estimate of drug-likeness (QED) is 0.693. The third kappa shape index (κ3) is 4.27. The molecule has 0 atom stereocenters. The van der Waals surface area contributed by atoms with Crippen LogP contribution in [0.25, 0.3) is 11.3 Å². The summed E-state index contributed by atoms with van der Waals surface area (Å²) in [6.07, 6.45) is 2.74. The normalized spacial score (nSPS) is 13.2. The number of aromatic nitrogens is 2. The monoisotopic (exact) mass is 390 g/mol. The summed E-state index contributed by atoms with van der Waals surface area (Å²) < 4.78 is 5.92. The Morgan fingerprint density at radius 2 is 2.14 bits per heavy atom. The molecule has 3 aromatic rings. The van der Waals surface area contributed by atoms with Crippen molar-refractivity contribution in [2.24, 2.45) is 4.99 Å². The lowest BCUT2D eigenvalue weighted by Gasteiger charge is -2.14. The Morgan fingerprint density at radius 1 is 1.25 bits per heavy atom. The van der Waals surface area contributed by atoms with Crippen LogP contribution >= 0.6 is 11.3 Å². The molecule has 0 aliphatic carbocycles. The van der Waals surface area contributed by atoms with Crippen LogP contribution in [0, 0.1) is 11.3 Å². The van der Waals surface area contributed by atoms with Crippen LogP contribution in [0.4, 0.5) is 5.13 Å². The molecule has 2 aromatic heterocycles. The highest BCUT2D eigenvalue weighted by atomic mass is 32.1. The second kappa shape index (κ2) is 8.50. The molecule has 0 fully saturated rings. The maximum Gasteiger partial charge on any atom is 0.223 e. The predicted molar refractivity (Wildman–Crippen MR) is 109 cm³/mol. The number of ether oxygens (including phenoxy) is 1. The van der Waals surface area contributed by atoms with Crippen molar-refractivity contribution in [3.05, 3.63) is 59.1 Å². The number of nitriles is 1. The molecule has 1 aliphatic rings. The summed E-state index contributed by atoms with van der Waals surface area (Å²) in [6.45, 7) is 2.11. The van der Waals surface area contributed by atoms with E-state index in [0.717, 1.165) is 47.4 Å². The highest BCUT2D eigenvalue weighted by molar-refractivity contribution is 7.14. The van der Waals surface area contributed by atoms with Gasteiger partial charge in [-0.25, -0.2) is 9.97 Å². The summed E-state index contributed by atoms with van der Waals surface area (Å²) in [7, 11) is 0. The first-order valence-electron chi connectivity index (χ1n) is 8.90. The van der Waals surface area contributed by atoms with Crippen molar-refractivity contribution in [2.45, 2.75) is 13.0 Å². The average Bonchev–Trinajstić information content (AvgIpc) is 3.22. The first-order chi connectivity index (χ1) is 13.8. The predicted octanol–water partition coefficient (Wildman–Crippen LogP) is 3.42. The molecule has 2 N–H and O–H groups in total. The van der Waals surface area contributed by atoms with Crippen LogP contribution < -0.4 is 15.4 Å². The molecule has 0 saturated heterocycles. The standard InChI is InChI=1S/C20H18N6OS/c21-11-14-4-6-15(7-5-14)12-27-18-16(3-1-8-22-18)17-13-28-20(25-17)26-19-23-9-2-10-24-19/h1,3-8,13H,2,9-10,12H2,(H2,23,24,25,26). The molecule has 3 heterocycles. The average molecular weight is 390 g/mol. The summed E-state index contributed by atoms with van der Waals surface area (Å²) in [5, 5.41) is 18.1. The van der Waals surface area contributed by atoms with Crippen molar-refractivity contribution >= 4 is 22.4 Å². The van der Waals surface area contributed by atoms with E-state index in [1.54, 1.807) is 18.3 Å². The minimum Gasteiger partial charge on any atom is -0.472 e. The summed E-state index contributed by atoms with van der Waals surface area (Å²) in [5.41, 5.74) is 3.23. The molecule has 140 valence electrons. The number of anilines is 1. The van der Waals surface area contributed by atoms with E-state index in [2.05, 4.69) is 31.7 Å². The van der Waals surface area contributed by atoms with Gasteiger partial charge in [-0.15, -0.1) is 11.3 Å². The Balaban J connectivity index is 1.48. The van der Waals surface area contributed by atoms with Gasteiger partial charge in [0.25, 0.3) is 0 Å². The van der Waals surface area contributed by atoms with E-state index >= 15 is 0 Å². The van der Waals surface area contributed by atoms with Crippen molar-refractivity contribution in [2.75, 3.05) is 18.4 Å². The Hall–Kier alpha value is -3.44. The summed E-state index contributed by atoms with van der Waals surface area (Å²) >= 11 is 1.51. The topological polar surface area (TPSA) is 95.2 Å². The van der Waals surface area contributed by atoms with Crippen LogP contribution in [0.5, 0.6) is 5.88 Å². The number of aliphatic imine (C=N–C) groups is 1. The molecule has 4 rings (SSSR count). The summed E-state index contributed by atoms with van der Waals surface area (Å²) in [5.74, 6) is 1.28. The first-order valence-corrected chi connectivity index (χ1v) is 9.78. The van der Waals surface area contributed by atoms with E-state index in [0.29, 0.717) is 18.1 Å². The van der Waals surface area contributed by atoms with Gasteiger partial charge in [0, 0.05) is 24.7 Å². The van der Waals surface area contributed by atoms with E-state index in [4.69, 9.17) is 10.00 Å². The van der Waals surface area contributed by atoms with Gasteiger partial charge >= 0.3 is 0 Å². The van der Waals surface area contributed by atoms with Crippen LogP contribution in [0.1, 0.15) is 17.5 Å². The molecule has 0 spiro atoms. The zero-order valence-electron chi connectivity index (χ0n) is 15.1. The van der Waals surface area contributed by atoms with Crippen molar-refractivity contribution in [1.29, 1.82) is 5.26 Å². The van der Waals surface area contributed by atoms with E-state index in [-0.39, 0.29) is 0 Å². The minimum absolute atomic E-state index is 0.367. The van der Waals surface area contributed by atoms with E-state index in [1.165, 1.54) is 11.3 Å². The van der Waals surface area contributed by atoms with Gasteiger partial charge in [-0.05, 0) is 36.2 Å². The number of guanidine groups is 1. The number of nitrogens with one attached hydrogen (secondary N) is 2. The Bertz CT molecular complexity index is 1020. The number of pyridine rings is 1. The van der Waals surface area contributed by atoms with Gasteiger partial charge < -0.3 is 15.4 Å². The van der Waals surface area contributed by atoms with E-state index in [9.17, 15) is 0 Å². The first kappa shape index (κ1) is 17.9. The maximum atomic E-state index is 8.89. The van der Waals surface area contributed by atoms with Crippen molar-refractivity contribution in [3.8, 4) is 23.2 Å². The largest absolute Gasteiger partial charge is 0.472 e. The lowest BCUT2D eigenvalue weighted by atomic mass is 10.1. The lowest BCUT2D eigenvalue weighted by Crippen LogP contribution is -2.35. The van der Waals surface area contributed by atoms with Gasteiger partial charge in [-0.3, -0.25) is 4.99 Å². The van der Waals surface area contributed by atoms with Crippen LogP contribution in [0.2, 0.25) is 0 Å². The van der Waals surface area contributed by atoms with Crippen molar-refractivity contribution < 1.29 is 4.74 Å². The fourth-order valence-electron chi connectivity index (χ4n) is 2.70. The van der Waals surface area contributed by atoms with Gasteiger partial charge in [0.1, 0.15) is 6.61 Å². The summed E-state index contributed by atoms with van der Waals surface area (Å²) in [4.78, 5) is 13.4. The maximum absolute atomic E-state index is 8.89. The smallest absolute Gasteiger partial charge is 0.223 e. The molecule has 0 bridgehead atoms. The van der Waals surface area contributed by atoms with Gasteiger partial charge in [0.15, 0.2) is 11.1 Å². The van der Waals surface area contributed by atoms with Crippen LogP contribution in [-0.2, 0) is 6.61 Å². The zero-order chi connectivity index (χ0) is 19.2. The summed E-state index contributed by atoms with van der Waals surface area (Å²) in [6, 6.07) is 13.2.